The number of nitrogens with zero attached hydrogens (tertiary/aromatic N) is 3. The lowest BCUT2D eigenvalue weighted by molar-refractivity contribution is 0.651. The van der Waals surface area contributed by atoms with Gasteiger partial charge in [0.25, 0.3) is 0 Å². The summed E-state index contributed by atoms with van der Waals surface area (Å²) in [6.07, 6.45) is 8.93. The summed E-state index contributed by atoms with van der Waals surface area (Å²) >= 11 is 0. The molecule has 0 aromatic carbocycles. The van der Waals surface area contributed by atoms with Crippen LogP contribution in [0.3, 0.4) is 0 Å². The quantitative estimate of drug-likeness (QED) is 0.856. The molecule has 3 heterocycles. The van der Waals surface area contributed by atoms with Gasteiger partial charge in [0.05, 0.1) is 6.33 Å². The van der Waals surface area contributed by atoms with Crippen LogP contribution in [0.15, 0.2) is 18.6 Å². The Balaban J connectivity index is 1.86. The molecule has 4 heteroatoms. The van der Waals surface area contributed by atoms with Gasteiger partial charge in [0.2, 0.25) is 0 Å². The summed E-state index contributed by atoms with van der Waals surface area (Å²) in [5, 5.41) is 3.54. The highest BCUT2D eigenvalue weighted by Crippen LogP contribution is 2.37. The number of fused-ring (bicyclic) bond motifs is 1. The first-order chi connectivity index (χ1) is 8.43. The van der Waals surface area contributed by atoms with Crippen molar-refractivity contribution in [3.63, 3.8) is 0 Å². The molecule has 0 spiro atoms. The van der Waals surface area contributed by atoms with Crippen LogP contribution in [0.2, 0.25) is 0 Å². The molecule has 1 aliphatic carbocycles. The minimum absolute atomic E-state index is 0.475. The molecule has 17 heavy (non-hydrogen) atoms. The molecule has 0 radical (unpaired) electrons. The van der Waals surface area contributed by atoms with Gasteiger partial charge in [0.1, 0.15) is 5.52 Å². The average Bonchev–Trinajstić information content (AvgIpc) is 2.93. The van der Waals surface area contributed by atoms with E-state index in [9.17, 15) is 0 Å². The smallest absolute Gasteiger partial charge is 0.160 e. The number of aromatic nitrogens is 3. The van der Waals surface area contributed by atoms with Crippen molar-refractivity contribution in [2.24, 2.45) is 0 Å². The molecule has 2 aliphatic rings. The fourth-order valence-corrected chi connectivity index (χ4v) is 2.80. The summed E-state index contributed by atoms with van der Waals surface area (Å²) in [6.45, 7) is 1.12. The monoisotopic (exact) mass is 228 g/mol. The maximum Gasteiger partial charge on any atom is 0.160 e. The van der Waals surface area contributed by atoms with E-state index in [1.54, 1.807) is 0 Å². The van der Waals surface area contributed by atoms with Crippen LogP contribution < -0.4 is 5.32 Å². The highest BCUT2D eigenvalue weighted by Gasteiger charge is 2.27. The Morgan fingerprint density at radius 3 is 2.94 bits per heavy atom. The Labute approximate surface area is 100 Å². The number of nitrogens with one attached hydrogen (secondary N) is 1. The number of rotatable bonds is 2. The Kier molecular flexibility index (Phi) is 1.99. The van der Waals surface area contributed by atoms with Crippen LogP contribution in [-0.2, 0) is 0 Å². The van der Waals surface area contributed by atoms with Crippen molar-refractivity contribution in [3.8, 4) is 0 Å². The fourth-order valence-electron chi connectivity index (χ4n) is 2.80. The molecule has 1 aliphatic heterocycles. The second-order valence-corrected chi connectivity index (χ2v) is 5.10. The van der Waals surface area contributed by atoms with E-state index in [0.29, 0.717) is 12.1 Å². The minimum atomic E-state index is 0.475. The van der Waals surface area contributed by atoms with Gasteiger partial charge in [-0.15, -0.1) is 0 Å². The molecule has 2 fully saturated rings. The molecule has 88 valence electrons. The summed E-state index contributed by atoms with van der Waals surface area (Å²) in [4.78, 5) is 9.09. The van der Waals surface area contributed by atoms with Crippen molar-refractivity contribution in [1.82, 2.24) is 19.9 Å². The van der Waals surface area contributed by atoms with E-state index in [0.717, 1.165) is 17.7 Å². The van der Waals surface area contributed by atoms with Crippen molar-refractivity contribution < 1.29 is 0 Å². The maximum atomic E-state index is 4.58. The molecule has 1 saturated heterocycles. The van der Waals surface area contributed by atoms with Gasteiger partial charge in [-0.3, -0.25) is 0 Å². The second-order valence-electron chi connectivity index (χ2n) is 5.10. The predicted molar refractivity (Wildman–Crippen MR) is 65.8 cm³/mol. The third kappa shape index (κ3) is 1.47. The molecule has 1 N–H and O–H groups in total. The summed E-state index contributed by atoms with van der Waals surface area (Å²) in [7, 11) is 0. The molecule has 1 unspecified atom stereocenters. The topological polar surface area (TPSA) is 42.7 Å². The van der Waals surface area contributed by atoms with Crippen molar-refractivity contribution >= 4 is 11.2 Å². The zero-order valence-corrected chi connectivity index (χ0v) is 9.76. The Hall–Kier alpha value is -1.42. The second kappa shape index (κ2) is 3.53. The van der Waals surface area contributed by atoms with Crippen LogP contribution in [0.5, 0.6) is 0 Å². The van der Waals surface area contributed by atoms with Crippen LogP contribution in [0.4, 0.5) is 0 Å². The van der Waals surface area contributed by atoms with Gasteiger partial charge >= 0.3 is 0 Å². The normalized spacial score (nSPS) is 24.6. The molecule has 1 atom stereocenters. The van der Waals surface area contributed by atoms with Crippen molar-refractivity contribution in [3.05, 3.63) is 24.2 Å². The number of pyridine rings is 1. The zero-order chi connectivity index (χ0) is 11.2. The van der Waals surface area contributed by atoms with Crippen LogP contribution in [0.1, 0.15) is 43.3 Å². The third-order valence-corrected chi connectivity index (χ3v) is 3.87. The Bertz CT molecular complexity index is 550. The van der Waals surface area contributed by atoms with E-state index >= 15 is 0 Å². The number of hydrogen-bond acceptors (Lipinski definition) is 3. The standard InChI is InChI=1S/C13H16N4/c1-2-11(14-6-1)10-5-7-15-13-12(10)16-8-17(13)9-3-4-9/h5,7-9,11,14H,1-4,6H2. The SMILES string of the molecule is c1cc(C2CCCN2)c2ncn(C3CC3)c2n1. The Morgan fingerprint density at radius 1 is 1.24 bits per heavy atom. The molecule has 4 nitrogen and oxygen atoms in total. The Morgan fingerprint density at radius 2 is 2.18 bits per heavy atom. The van der Waals surface area contributed by atoms with E-state index < -0.39 is 0 Å². The lowest BCUT2D eigenvalue weighted by Crippen LogP contribution is -2.13. The zero-order valence-electron chi connectivity index (χ0n) is 9.76. The van der Waals surface area contributed by atoms with Gasteiger partial charge in [0.15, 0.2) is 5.65 Å². The van der Waals surface area contributed by atoms with E-state index in [1.807, 2.05) is 12.5 Å². The largest absolute Gasteiger partial charge is 0.312 e. The highest BCUT2D eigenvalue weighted by molar-refractivity contribution is 5.75. The van der Waals surface area contributed by atoms with Crippen LogP contribution in [0, 0.1) is 0 Å². The van der Waals surface area contributed by atoms with Gasteiger partial charge < -0.3 is 9.88 Å². The molecule has 4 rings (SSSR count). The first-order valence-electron chi connectivity index (χ1n) is 6.48. The number of imidazole rings is 1. The van der Waals surface area contributed by atoms with E-state index in [1.165, 1.54) is 31.2 Å². The molecule has 2 aromatic heterocycles. The average molecular weight is 228 g/mol. The first-order valence-corrected chi connectivity index (χ1v) is 6.48. The molecule has 1 saturated carbocycles. The van der Waals surface area contributed by atoms with Crippen LogP contribution in [0.25, 0.3) is 11.2 Å². The third-order valence-electron chi connectivity index (χ3n) is 3.87. The molecular weight excluding hydrogens is 212 g/mol. The lowest BCUT2D eigenvalue weighted by Gasteiger charge is -2.10. The predicted octanol–water partition coefficient (Wildman–Crippen LogP) is 2.19. The lowest BCUT2D eigenvalue weighted by atomic mass is 10.1. The van der Waals surface area contributed by atoms with Crippen LogP contribution in [-0.4, -0.2) is 21.1 Å². The first kappa shape index (κ1) is 9.59. The number of hydrogen-bond donors (Lipinski definition) is 1. The van der Waals surface area contributed by atoms with Crippen molar-refractivity contribution in [1.29, 1.82) is 0 Å². The highest BCUT2D eigenvalue weighted by atomic mass is 15.1. The van der Waals surface area contributed by atoms with Gasteiger partial charge in [0, 0.05) is 23.8 Å². The summed E-state index contributed by atoms with van der Waals surface area (Å²) in [5.74, 6) is 0. The van der Waals surface area contributed by atoms with Crippen molar-refractivity contribution in [2.45, 2.75) is 37.8 Å². The van der Waals surface area contributed by atoms with E-state index in [2.05, 4.69) is 25.9 Å². The van der Waals surface area contributed by atoms with Crippen LogP contribution >= 0.6 is 0 Å². The molecule has 2 aromatic rings. The molecule has 0 amide bonds. The maximum absolute atomic E-state index is 4.58. The van der Waals surface area contributed by atoms with Gasteiger partial charge in [-0.1, -0.05) is 0 Å². The summed E-state index contributed by atoms with van der Waals surface area (Å²) in [5.41, 5.74) is 3.49. The molecular formula is C13H16N4. The van der Waals surface area contributed by atoms with Gasteiger partial charge in [-0.25, -0.2) is 9.97 Å². The molecule has 0 bridgehead atoms. The summed E-state index contributed by atoms with van der Waals surface area (Å²) < 4.78 is 2.24. The summed E-state index contributed by atoms with van der Waals surface area (Å²) in [6, 6.07) is 3.25. The van der Waals surface area contributed by atoms with E-state index in [4.69, 9.17) is 0 Å². The minimum Gasteiger partial charge on any atom is -0.312 e. The fraction of sp³-hybridized carbons (Fsp3) is 0.538. The van der Waals surface area contributed by atoms with Gasteiger partial charge in [-0.2, -0.15) is 0 Å². The van der Waals surface area contributed by atoms with Crippen molar-refractivity contribution in [2.75, 3.05) is 6.54 Å². The van der Waals surface area contributed by atoms with E-state index in [-0.39, 0.29) is 0 Å². The van der Waals surface area contributed by atoms with Gasteiger partial charge in [-0.05, 0) is 38.3 Å².